The van der Waals surface area contributed by atoms with Crippen molar-refractivity contribution in [3.05, 3.63) is 58.6 Å². The Balaban J connectivity index is 2.03. The zero-order valence-electron chi connectivity index (χ0n) is 14.7. The van der Waals surface area contributed by atoms with Crippen molar-refractivity contribution >= 4 is 17.5 Å². The summed E-state index contributed by atoms with van der Waals surface area (Å²) in [6.07, 6.45) is 3.23. The first-order valence-electron chi connectivity index (χ1n) is 8.47. The van der Waals surface area contributed by atoms with Gasteiger partial charge < -0.3 is 14.8 Å². The van der Waals surface area contributed by atoms with Crippen LogP contribution in [0, 0.1) is 0 Å². The molecular formula is C20H24ClNO3. The van der Waals surface area contributed by atoms with Crippen LogP contribution in [-0.2, 0) is 6.61 Å². The summed E-state index contributed by atoms with van der Waals surface area (Å²) in [7, 11) is 1.60. The molecule has 1 amide bonds. The summed E-state index contributed by atoms with van der Waals surface area (Å²) in [6.45, 7) is 3.13. The van der Waals surface area contributed by atoms with Gasteiger partial charge in [-0.3, -0.25) is 4.79 Å². The van der Waals surface area contributed by atoms with E-state index in [2.05, 4.69) is 12.2 Å². The highest BCUT2D eigenvalue weighted by atomic mass is 35.5. The third kappa shape index (κ3) is 5.98. The minimum absolute atomic E-state index is 0.0773. The molecular weight excluding hydrogens is 338 g/mol. The molecule has 0 aromatic heterocycles. The van der Waals surface area contributed by atoms with Crippen LogP contribution in [-0.4, -0.2) is 19.6 Å². The van der Waals surface area contributed by atoms with Gasteiger partial charge in [-0.05, 0) is 48.9 Å². The Morgan fingerprint density at radius 3 is 2.56 bits per heavy atom. The predicted octanol–water partition coefficient (Wildman–Crippen LogP) is 4.85. The van der Waals surface area contributed by atoms with Crippen molar-refractivity contribution in [1.82, 2.24) is 5.32 Å². The average Bonchev–Trinajstić information content (AvgIpc) is 2.64. The van der Waals surface area contributed by atoms with E-state index in [9.17, 15) is 4.79 Å². The maximum atomic E-state index is 12.3. The minimum atomic E-state index is -0.0773. The number of carbonyl (C=O) groups is 1. The lowest BCUT2D eigenvalue weighted by Crippen LogP contribution is -2.24. The quantitative estimate of drug-likeness (QED) is 0.649. The number of amides is 1. The Bertz CT molecular complexity index is 686. The van der Waals surface area contributed by atoms with Crippen molar-refractivity contribution in [3.8, 4) is 11.5 Å². The number of benzene rings is 2. The van der Waals surface area contributed by atoms with Crippen LogP contribution < -0.4 is 14.8 Å². The zero-order valence-corrected chi connectivity index (χ0v) is 15.4. The third-order valence-corrected chi connectivity index (χ3v) is 4.07. The fourth-order valence-electron chi connectivity index (χ4n) is 2.40. The molecule has 25 heavy (non-hydrogen) atoms. The normalized spacial score (nSPS) is 10.4. The summed E-state index contributed by atoms with van der Waals surface area (Å²) in [6, 6.07) is 12.5. The highest BCUT2D eigenvalue weighted by molar-refractivity contribution is 6.30. The Morgan fingerprint density at radius 1 is 1.12 bits per heavy atom. The lowest BCUT2D eigenvalue weighted by atomic mass is 10.1. The molecule has 0 spiro atoms. The summed E-state index contributed by atoms with van der Waals surface area (Å²) < 4.78 is 11.1. The number of unbranched alkanes of at least 4 members (excludes halogenated alkanes) is 2. The van der Waals surface area contributed by atoms with Crippen LogP contribution in [0.2, 0.25) is 5.02 Å². The van der Waals surface area contributed by atoms with Crippen LogP contribution in [0.1, 0.15) is 42.1 Å². The number of hydrogen-bond acceptors (Lipinski definition) is 3. The molecule has 2 aromatic rings. The molecule has 0 fully saturated rings. The van der Waals surface area contributed by atoms with Gasteiger partial charge in [0.1, 0.15) is 18.1 Å². The van der Waals surface area contributed by atoms with E-state index in [1.165, 1.54) is 0 Å². The fourth-order valence-corrected chi connectivity index (χ4v) is 2.53. The molecule has 0 radical (unpaired) electrons. The monoisotopic (exact) mass is 361 g/mol. The van der Waals surface area contributed by atoms with Gasteiger partial charge in [-0.25, -0.2) is 0 Å². The largest absolute Gasteiger partial charge is 0.496 e. The molecule has 0 saturated heterocycles. The van der Waals surface area contributed by atoms with Crippen molar-refractivity contribution in [1.29, 1.82) is 0 Å². The van der Waals surface area contributed by atoms with Gasteiger partial charge in [0.15, 0.2) is 0 Å². The number of ether oxygens (including phenoxy) is 2. The van der Waals surface area contributed by atoms with Crippen LogP contribution in [0.25, 0.3) is 0 Å². The molecule has 0 unspecified atom stereocenters. The maximum Gasteiger partial charge on any atom is 0.251 e. The van der Waals surface area contributed by atoms with Gasteiger partial charge in [0, 0.05) is 22.7 Å². The average molecular weight is 362 g/mol. The lowest BCUT2D eigenvalue weighted by molar-refractivity contribution is 0.0952. The van der Waals surface area contributed by atoms with Crippen molar-refractivity contribution in [2.45, 2.75) is 32.8 Å². The van der Waals surface area contributed by atoms with E-state index < -0.39 is 0 Å². The molecule has 2 aromatic carbocycles. The molecule has 0 aliphatic carbocycles. The molecule has 0 aliphatic heterocycles. The molecule has 0 atom stereocenters. The lowest BCUT2D eigenvalue weighted by Gasteiger charge is -2.12. The molecule has 0 heterocycles. The SMILES string of the molecule is CCCCCNC(=O)c1ccc(OC)c(COc2ccc(Cl)cc2)c1. The first-order chi connectivity index (χ1) is 12.1. The number of methoxy groups -OCH3 is 1. The zero-order chi connectivity index (χ0) is 18.1. The molecule has 134 valence electrons. The van der Waals surface area contributed by atoms with Gasteiger partial charge in [0.05, 0.1) is 7.11 Å². The number of rotatable bonds is 9. The number of nitrogens with one attached hydrogen (secondary N) is 1. The van der Waals surface area contributed by atoms with E-state index in [1.807, 2.05) is 6.07 Å². The number of carbonyl (C=O) groups excluding carboxylic acids is 1. The maximum absolute atomic E-state index is 12.3. The Kier molecular flexibility index (Phi) is 7.61. The second-order valence-electron chi connectivity index (χ2n) is 5.73. The van der Waals surface area contributed by atoms with Crippen LogP contribution in [0.5, 0.6) is 11.5 Å². The van der Waals surface area contributed by atoms with Gasteiger partial charge in [-0.2, -0.15) is 0 Å². The second kappa shape index (κ2) is 9.94. The summed E-state index contributed by atoms with van der Waals surface area (Å²) in [5, 5.41) is 3.60. The Labute approximate surface area is 154 Å². The van der Waals surface area contributed by atoms with Gasteiger partial charge in [-0.15, -0.1) is 0 Å². The second-order valence-corrected chi connectivity index (χ2v) is 6.17. The Morgan fingerprint density at radius 2 is 1.88 bits per heavy atom. The van der Waals surface area contributed by atoms with Crippen molar-refractivity contribution < 1.29 is 14.3 Å². The van der Waals surface area contributed by atoms with E-state index in [0.29, 0.717) is 35.2 Å². The molecule has 2 rings (SSSR count). The van der Waals surface area contributed by atoms with E-state index in [0.717, 1.165) is 24.8 Å². The first kappa shape index (κ1) is 19.1. The summed E-state index contributed by atoms with van der Waals surface area (Å²) in [5.74, 6) is 1.32. The molecule has 4 nitrogen and oxygen atoms in total. The van der Waals surface area contributed by atoms with Crippen LogP contribution in [0.3, 0.4) is 0 Å². The van der Waals surface area contributed by atoms with E-state index in [4.69, 9.17) is 21.1 Å². The Hall–Kier alpha value is -2.20. The number of hydrogen-bond donors (Lipinski definition) is 1. The van der Waals surface area contributed by atoms with Crippen LogP contribution >= 0.6 is 11.6 Å². The molecule has 1 N–H and O–H groups in total. The topological polar surface area (TPSA) is 47.6 Å². The van der Waals surface area contributed by atoms with E-state index in [-0.39, 0.29) is 5.91 Å². The molecule has 0 bridgehead atoms. The molecule has 0 aliphatic rings. The summed E-state index contributed by atoms with van der Waals surface area (Å²) in [4.78, 5) is 12.3. The summed E-state index contributed by atoms with van der Waals surface area (Å²) >= 11 is 5.87. The summed E-state index contributed by atoms with van der Waals surface area (Å²) in [5.41, 5.74) is 1.42. The van der Waals surface area contributed by atoms with E-state index in [1.54, 1.807) is 43.5 Å². The number of halogens is 1. The van der Waals surface area contributed by atoms with Crippen LogP contribution in [0.4, 0.5) is 0 Å². The highest BCUT2D eigenvalue weighted by Gasteiger charge is 2.11. The van der Waals surface area contributed by atoms with Gasteiger partial charge in [0.25, 0.3) is 5.91 Å². The molecule has 0 saturated carbocycles. The third-order valence-electron chi connectivity index (χ3n) is 3.82. The van der Waals surface area contributed by atoms with Crippen molar-refractivity contribution in [2.24, 2.45) is 0 Å². The standard InChI is InChI=1S/C20H24ClNO3/c1-3-4-5-12-22-20(23)15-6-11-19(24-2)16(13-15)14-25-18-9-7-17(21)8-10-18/h6-11,13H,3-5,12,14H2,1-2H3,(H,22,23). The van der Waals surface area contributed by atoms with Gasteiger partial charge in [-0.1, -0.05) is 31.4 Å². The van der Waals surface area contributed by atoms with Crippen molar-refractivity contribution in [2.75, 3.05) is 13.7 Å². The minimum Gasteiger partial charge on any atom is -0.496 e. The predicted molar refractivity (Wildman–Crippen MR) is 101 cm³/mol. The van der Waals surface area contributed by atoms with Gasteiger partial charge in [0.2, 0.25) is 0 Å². The first-order valence-corrected chi connectivity index (χ1v) is 8.85. The van der Waals surface area contributed by atoms with E-state index >= 15 is 0 Å². The fraction of sp³-hybridized carbons (Fsp3) is 0.350. The highest BCUT2D eigenvalue weighted by Crippen LogP contribution is 2.23. The van der Waals surface area contributed by atoms with Gasteiger partial charge >= 0.3 is 0 Å². The smallest absolute Gasteiger partial charge is 0.251 e. The molecule has 5 heteroatoms. The van der Waals surface area contributed by atoms with Crippen molar-refractivity contribution in [3.63, 3.8) is 0 Å². The van der Waals surface area contributed by atoms with Crippen LogP contribution in [0.15, 0.2) is 42.5 Å².